The molecule has 2 aromatic carbocycles. The van der Waals surface area contributed by atoms with Crippen molar-refractivity contribution in [3.63, 3.8) is 0 Å². The van der Waals surface area contributed by atoms with E-state index in [1.807, 2.05) is 0 Å². The first-order chi connectivity index (χ1) is 15.9. The molecule has 0 amide bonds. The van der Waals surface area contributed by atoms with E-state index in [0.717, 1.165) is 12.2 Å². The molecule has 0 N–H and O–H groups in total. The number of hydrogen-bond acceptors (Lipinski definition) is 9. The molecule has 0 atom stereocenters. The van der Waals surface area contributed by atoms with Gasteiger partial charge in [0, 0.05) is 12.2 Å². The average molecular weight is 458 g/mol. The molecule has 0 bridgehead atoms. The SMILES string of the molecule is COc1cc(C=CC(=O)OC(=O)C=Cc2cc(OC)c(OC)c(OC)c2)cc(OC)c1OC. The van der Waals surface area contributed by atoms with E-state index in [4.69, 9.17) is 33.2 Å². The third-order valence-corrected chi connectivity index (χ3v) is 4.40. The van der Waals surface area contributed by atoms with Gasteiger partial charge in [-0.3, -0.25) is 0 Å². The van der Waals surface area contributed by atoms with Gasteiger partial charge in [0.05, 0.1) is 42.7 Å². The Morgan fingerprint density at radius 2 is 0.848 bits per heavy atom. The molecule has 0 fully saturated rings. The first-order valence-electron chi connectivity index (χ1n) is 9.62. The van der Waals surface area contributed by atoms with Crippen LogP contribution in [-0.2, 0) is 14.3 Å². The normalized spacial score (nSPS) is 10.7. The number of ether oxygens (including phenoxy) is 7. The van der Waals surface area contributed by atoms with Crippen LogP contribution in [0.2, 0.25) is 0 Å². The van der Waals surface area contributed by atoms with E-state index in [1.165, 1.54) is 54.8 Å². The van der Waals surface area contributed by atoms with Crippen LogP contribution >= 0.6 is 0 Å². The Labute approximate surface area is 192 Å². The Bertz CT molecular complexity index is 920. The van der Waals surface area contributed by atoms with Crippen LogP contribution in [0.5, 0.6) is 34.5 Å². The van der Waals surface area contributed by atoms with Crippen molar-refractivity contribution in [2.24, 2.45) is 0 Å². The summed E-state index contributed by atoms with van der Waals surface area (Å²) in [4.78, 5) is 24.1. The van der Waals surface area contributed by atoms with Gasteiger partial charge in [-0.15, -0.1) is 0 Å². The summed E-state index contributed by atoms with van der Waals surface area (Å²) in [6.45, 7) is 0. The number of hydrogen-bond donors (Lipinski definition) is 0. The number of benzene rings is 2. The van der Waals surface area contributed by atoms with E-state index >= 15 is 0 Å². The lowest BCUT2D eigenvalue weighted by atomic mass is 10.1. The van der Waals surface area contributed by atoms with Crippen LogP contribution in [0, 0.1) is 0 Å². The number of rotatable bonds is 10. The van der Waals surface area contributed by atoms with Crippen molar-refractivity contribution in [2.75, 3.05) is 42.7 Å². The summed E-state index contributed by atoms with van der Waals surface area (Å²) in [5.41, 5.74) is 1.17. The molecular formula is C24H26O9. The fraction of sp³-hybridized carbons (Fsp3) is 0.250. The molecule has 176 valence electrons. The van der Waals surface area contributed by atoms with E-state index in [0.29, 0.717) is 45.6 Å². The summed E-state index contributed by atoms with van der Waals surface area (Å²) >= 11 is 0. The lowest BCUT2D eigenvalue weighted by molar-refractivity contribution is -0.152. The van der Waals surface area contributed by atoms with Crippen molar-refractivity contribution in [1.29, 1.82) is 0 Å². The molecule has 0 aliphatic carbocycles. The standard InChI is InChI=1S/C24H26O9/c1-27-17-11-15(12-18(28-2)23(17)31-5)7-9-21(25)33-22(26)10-8-16-13-19(29-3)24(32-6)20(14-16)30-4/h7-14H,1-6H3. The summed E-state index contributed by atoms with van der Waals surface area (Å²) in [5, 5.41) is 0. The van der Waals surface area contributed by atoms with Crippen LogP contribution in [-0.4, -0.2) is 54.6 Å². The molecule has 2 aromatic rings. The van der Waals surface area contributed by atoms with Crippen molar-refractivity contribution in [1.82, 2.24) is 0 Å². The van der Waals surface area contributed by atoms with Gasteiger partial charge in [0.2, 0.25) is 11.5 Å². The molecule has 0 aromatic heterocycles. The second-order valence-corrected chi connectivity index (χ2v) is 6.32. The maximum atomic E-state index is 12.0. The van der Waals surface area contributed by atoms with Gasteiger partial charge in [0.25, 0.3) is 0 Å². The smallest absolute Gasteiger partial charge is 0.338 e. The quantitative estimate of drug-likeness (QED) is 0.301. The summed E-state index contributed by atoms with van der Waals surface area (Å²) in [6, 6.07) is 6.60. The number of methoxy groups -OCH3 is 6. The Hall–Kier alpha value is -4.14. The predicted octanol–water partition coefficient (Wildman–Crippen LogP) is 3.53. The molecule has 9 heteroatoms. The van der Waals surface area contributed by atoms with Gasteiger partial charge < -0.3 is 33.2 Å². The van der Waals surface area contributed by atoms with E-state index in [-0.39, 0.29) is 0 Å². The van der Waals surface area contributed by atoms with Gasteiger partial charge in [0.15, 0.2) is 23.0 Å². The minimum Gasteiger partial charge on any atom is -0.493 e. The van der Waals surface area contributed by atoms with Crippen LogP contribution in [0.25, 0.3) is 12.2 Å². The van der Waals surface area contributed by atoms with Gasteiger partial charge in [-0.1, -0.05) is 0 Å². The molecule has 0 spiro atoms. The van der Waals surface area contributed by atoms with Crippen molar-refractivity contribution in [2.45, 2.75) is 0 Å². The zero-order valence-electron chi connectivity index (χ0n) is 19.3. The topological polar surface area (TPSA) is 98.8 Å². The van der Waals surface area contributed by atoms with Gasteiger partial charge in [-0.25, -0.2) is 9.59 Å². The molecule has 9 nitrogen and oxygen atoms in total. The Morgan fingerprint density at radius 3 is 1.09 bits per heavy atom. The number of carbonyl (C=O) groups excluding carboxylic acids is 2. The van der Waals surface area contributed by atoms with Crippen molar-refractivity contribution in [3.05, 3.63) is 47.5 Å². The fourth-order valence-corrected chi connectivity index (χ4v) is 2.89. The lowest BCUT2D eigenvalue weighted by Gasteiger charge is -2.12. The first kappa shape index (κ1) is 25.1. The van der Waals surface area contributed by atoms with Crippen LogP contribution in [0.4, 0.5) is 0 Å². The predicted molar refractivity (Wildman–Crippen MR) is 121 cm³/mol. The number of carbonyl (C=O) groups is 2. The second-order valence-electron chi connectivity index (χ2n) is 6.32. The summed E-state index contributed by atoms with van der Waals surface area (Å²) < 4.78 is 36.4. The van der Waals surface area contributed by atoms with E-state index in [1.54, 1.807) is 24.3 Å². The van der Waals surface area contributed by atoms with E-state index in [2.05, 4.69) is 0 Å². The lowest BCUT2D eigenvalue weighted by Crippen LogP contribution is -2.07. The highest BCUT2D eigenvalue weighted by atomic mass is 16.6. The van der Waals surface area contributed by atoms with Crippen LogP contribution < -0.4 is 28.4 Å². The van der Waals surface area contributed by atoms with Gasteiger partial charge >= 0.3 is 11.9 Å². The van der Waals surface area contributed by atoms with Gasteiger partial charge in [-0.2, -0.15) is 0 Å². The molecule has 0 saturated carbocycles. The molecule has 33 heavy (non-hydrogen) atoms. The van der Waals surface area contributed by atoms with Crippen molar-refractivity contribution >= 4 is 24.1 Å². The molecule has 0 saturated heterocycles. The molecule has 2 rings (SSSR count). The largest absolute Gasteiger partial charge is 0.493 e. The summed E-state index contributed by atoms with van der Waals surface area (Å²) in [6.07, 6.45) is 5.16. The molecule has 0 unspecified atom stereocenters. The van der Waals surface area contributed by atoms with Crippen LogP contribution in [0.1, 0.15) is 11.1 Å². The summed E-state index contributed by atoms with van der Waals surface area (Å²) in [7, 11) is 8.92. The molecule has 0 radical (unpaired) electrons. The minimum absolute atomic E-state index is 0.423. The zero-order valence-corrected chi connectivity index (χ0v) is 19.3. The third kappa shape index (κ3) is 6.42. The molecule has 0 heterocycles. The fourth-order valence-electron chi connectivity index (χ4n) is 2.89. The van der Waals surface area contributed by atoms with E-state index < -0.39 is 11.9 Å². The number of esters is 2. The van der Waals surface area contributed by atoms with Gasteiger partial charge in [-0.05, 0) is 47.5 Å². The highest BCUT2D eigenvalue weighted by Crippen LogP contribution is 2.39. The Balaban J connectivity index is 2.10. The third-order valence-electron chi connectivity index (χ3n) is 4.40. The minimum atomic E-state index is -0.844. The van der Waals surface area contributed by atoms with Crippen molar-refractivity contribution < 1.29 is 42.7 Å². The maximum absolute atomic E-state index is 12.0. The van der Waals surface area contributed by atoms with E-state index in [9.17, 15) is 9.59 Å². The van der Waals surface area contributed by atoms with Gasteiger partial charge in [0.1, 0.15) is 0 Å². The molecule has 0 aliphatic heterocycles. The van der Waals surface area contributed by atoms with Crippen molar-refractivity contribution in [3.8, 4) is 34.5 Å². The monoisotopic (exact) mass is 458 g/mol. The highest BCUT2D eigenvalue weighted by Gasteiger charge is 2.14. The second kappa shape index (κ2) is 12.0. The zero-order chi connectivity index (χ0) is 24.4. The van der Waals surface area contributed by atoms with Crippen LogP contribution in [0.15, 0.2) is 36.4 Å². The average Bonchev–Trinajstić information content (AvgIpc) is 2.84. The molecule has 0 aliphatic rings. The van der Waals surface area contributed by atoms with Crippen LogP contribution in [0.3, 0.4) is 0 Å². The maximum Gasteiger partial charge on any atom is 0.338 e. The molecular weight excluding hydrogens is 432 g/mol. The Kier molecular flexibility index (Phi) is 9.17. The first-order valence-corrected chi connectivity index (χ1v) is 9.62. The Morgan fingerprint density at radius 1 is 0.545 bits per heavy atom. The summed E-state index contributed by atoms with van der Waals surface area (Å²) in [5.74, 6) is 0.858. The highest BCUT2D eigenvalue weighted by molar-refractivity contribution is 6.00.